The van der Waals surface area contributed by atoms with Crippen LogP contribution in [0.5, 0.6) is 0 Å². The minimum absolute atomic E-state index is 0.165. The highest BCUT2D eigenvalue weighted by molar-refractivity contribution is 9.10. The van der Waals surface area contributed by atoms with Crippen LogP contribution in [0.2, 0.25) is 0 Å². The van der Waals surface area contributed by atoms with E-state index in [1.165, 1.54) is 12.5 Å². The Morgan fingerprint density at radius 1 is 1.42 bits per heavy atom. The molecule has 0 saturated heterocycles. The maximum atomic E-state index is 7.32. The summed E-state index contributed by atoms with van der Waals surface area (Å²) in [4.78, 5) is 0. The number of hydrogen-bond donors (Lipinski definition) is 1. The average molecular weight is 244 g/mol. The van der Waals surface area contributed by atoms with Crippen molar-refractivity contribution >= 4 is 28.6 Å². The summed E-state index contributed by atoms with van der Waals surface area (Å²) in [5.41, 5.74) is 1.20. The zero-order valence-electron chi connectivity index (χ0n) is 6.74. The first-order valence-corrected chi connectivity index (χ1v) is 4.83. The first kappa shape index (κ1) is 11.5. The maximum Gasteiger partial charge on any atom is 0.0819 e. The number of alkyl halides is 1. The predicted molar refractivity (Wildman–Crippen MR) is 58.4 cm³/mol. The molecule has 1 atom stereocenters. The molecule has 3 heteroatoms. The van der Waals surface area contributed by atoms with Gasteiger partial charge in [0.15, 0.2) is 0 Å². The maximum absolute atomic E-state index is 7.32. The second kappa shape index (κ2) is 7.20. The average Bonchev–Trinajstić information content (AvgIpc) is 2.07. The summed E-state index contributed by atoms with van der Waals surface area (Å²) >= 11 is 7.55. The summed E-state index contributed by atoms with van der Waals surface area (Å²) in [5.74, 6) is 0. The first-order valence-electron chi connectivity index (χ1n) is 3.40. The van der Waals surface area contributed by atoms with E-state index in [4.69, 9.17) is 5.26 Å². The van der Waals surface area contributed by atoms with Crippen molar-refractivity contribution in [2.75, 3.05) is 0 Å². The lowest BCUT2D eigenvalue weighted by Crippen LogP contribution is -1.76. The van der Waals surface area contributed by atoms with Crippen molar-refractivity contribution in [3.05, 3.63) is 35.9 Å². The molecular formula is C9H10BrNS. The minimum atomic E-state index is 0.165. The number of rotatable bonds is 1. The van der Waals surface area contributed by atoms with Crippen LogP contribution in [0.1, 0.15) is 16.6 Å². The highest BCUT2D eigenvalue weighted by Crippen LogP contribution is 2.25. The Labute approximate surface area is 86.9 Å². The van der Waals surface area contributed by atoms with E-state index in [9.17, 15) is 0 Å². The molecule has 0 bridgehead atoms. The van der Waals surface area contributed by atoms with Gasteiger partial charge in [-0.25, -0.2) is 0 Å². The van der Waals surface area contributed by atoms with Crippen molar-refractivity contribution in [1.29, 1.82) is 5.26 Å². The van der Waals surface area contributed by atoms with Gasteiger partial charge in [-0.2, -0.15) is 17.9 Å². The third-order valence-electron chi connectivity index (χ3n) is 1.07. The van der Waals surface area contributed by atoms with Gasteiger partial charge in [0.25, 0.3) is 0 Å². The summed E-state index contributed by atoms with van der Waals surface area (Å²) in [6, 6.07) is 11.8. The quantitative estimate of drug-likeness (QED) is 0.592. The largest absolute Gasteiger partial charge is 0.199 e. The van der Waals surface area contributed by atoms with Crippen molar-refractivity contribution in [3.8, 4) is 6.07 Å². The minimum Gasteiger partial charge on any atom is -0.199 e. The van der Waals surface area contributed by atoms with Gasteiger partial charge in [-0.3, -0.25) is 0 Å². The fourth-order valence-electron chi connectivity index (χ4n) is 0.612. The molecular weight excluding hydrogens is 234 g/mol. The molecule has 0 N–H and O–H groups in total. The Morgan fingerprint density at radius 2 is 1.83 bits per heavy atom. The number of hydrogen-bond acceptors (Lipinski definition) is 2. The molecule has 0 aliphatic rings. The lowest BCUT2D eigenvalue weighted by Gasteiger charge is -1.99. The van der Waals surface area contributed by atoms with E-state index in [1.807, 2.05) is 30.3 Å². The zero-order chi connectivity index (χ0) is 9.40. The highest BCUT2D eigenvalue weighted by Gasteiger charge is 1.96. The van der Waals surface area contributed by atoms with Crippen LogP contribution in [0, 0.1) is 11.3 Å². The Hall–Kier alpha value is -0.460. The molecule has 0 amide bonds. The third kappa shape index (κ3) is 5.22. The van der Waals surface area contributed by atoms with Crippen LogP contribution in [0.15, 0.2) is 30.3 Å². The van der Waals surface area contributed by atoms with Crippen LogP contribution in [-0.4, -0.2) is 0 Å². The molecule has 0 heterocycles. The predicted octanol–water partition coefficient (Wildman–Crippen LogP) is 3.54. The third-order valence-corrected chi connectivity index (χ3v) is 1.90. The molecule has 1 aromatic rings. The van der Waals surface area contributed by atoms with Crippen LogP contribution in [0.4, 0.5) is 0 Å². The summed E-state index contributed by atoms with van der Waals surface area (Å²) < 4.78 is 0.165. The van der Waals surface area contributed by atoms with Gasteiger partial charge in [0, 0.05) is 6.92 Å². The van der Waals surface area contributed by atoms with E-state index >= 15 is 0 Å². The molecule has 0 radical (unpaired) electrons. The van der Waals surface area contributed by atoms with E-state index in [1.54, 1.807) is 6.07 Å². The van der Waals surface area contributed by atoms with Crippen molar-refractivity contribution in [2.45, 2.75) is 11.1 Å². The molecule has 12 heavy (non-hydrogen) atoms. The Bertz CT molecular complexity index is 240. The smallest absolute Gasteiger partial charge is 0.0819 e. The molecule has 0 spiro atoms. The number of halogens is 1. The van der Waals surface area contributed by atoms with Gasteiger partial charge in [0.05, 0.1) is 10.2 Å². The van der Waals surface area contributed by atoms with Gasteiger partial charge in [0.1, 0.15) is 0 Å². The lowest BCUT2D eigenvalue weighted by molar-refractivity contribution is 1.41. The van der Waals surface area contributed by atoms with Crippen molar-refractivity contribution in [1.82, 2.24) is 0 Å². The fraction of sp³-hybridized carbons (Fsp3) is 0.222. The van der Waals surface area contributed by atoms with Crippen molar-refractivity contribution in [2.24, 2.45) is 0 Å². The van der Waals surface area contributed by atoms with Crippen LogP contribution in [0.25, 0.3) is 0 Å². The topological polar surface area (TPSA) is 23.8 Å². The van der Waals surface area contributed by atoms with Crippen molar-refractivity contribution < 1.29 is 0 Å². The van der Waals surface area contributed by atoms with E-state index in [0.717, 1.165) is 0 Å². The zero-order valence-corrected chi connectivity index (χ0v) is 9.22. The SMILES string of the molecule is CC#N.SC(Br)c1ccccc1. The van der Waals surface area contributed by atoms with Gasteiger partial charge in [-0.1, -0.05) is 46.3 Å². The molecule has 1 nitrogen and oxygen atoms in total. The molecule has 0 aliphatic carbocycles. The summed E-state index contributed by atoms with van der Waals surface area (Å²) in [7, 11) is 0. The van der Waals surface area contributed by atoms with Crippen molar-refractivity contribution in [3.63, 3.8) is 0 Å². The molecule has 0 aliphatic heterocycles. The van der Waals surface area contributed by atoms with E-state index in [0.29, 0.717) is 0 Å². The number of benzene rings is 1. The first-order chi connectivity index (χ1) is 5.72. The Kier molecular flexibility index (Phi) is 6.93. The molecule has 0 saturated carbocycles. The molecule has 1 rings (SSSR count). The van der Waals surface area contributed by atoms with E-state index in [2.05, 4.69) is 28.6 Å². The molecule has 0 aromatic heterocycles. The molecule has 64 valence electrons. The van der Waals surface area contributed by atoms with Crippen LogP contribution < -0.4 is 0 Å². The van der Waals surface area contributed by atoms with Crippen LogP contribution in [-0.2, 0) is 0 Å². The number of nitriles is 1. The monoisotopic (exact) mass is 243 g/mol. The van der Waals surface area contributed by atoms with Gasteiger partial charge in [-0.15, -0.1) is 0 Å². The highest BCUT2D eigenvalue weighted by atomic mass is 79.9. The standard InChI is InChI=1S/C7H7BrS.C2H3N/c8-7(9)6-4-2-1-3-5-6;1-2-3/h1-5,7,9H;1H3. The lowest BCUT2D eigenvalue weighted by atomic mass is 10.2. The fourth-order valence-corrected chi connectivity index (χ4v) is 1.09. The Morgan fingerprint density at radius 3 is 2.08 bits per heavy atom. The van der Waals surface area contributed by atoms with Gasteiger partial charge >= 0.3 is 0 Å². The number of thiol groups is 1. The van der Waals surface area contributed by atoms with Gasteiger partial charge < -0.3 is 0 Å². The Balaban J connectivity index is 0.000000354. The van der Waals surface area contributed by atoms with E-state index < -0.39 is 0 Å². The number of nitrogens with zero attached hydrogens (tertiary/aromatic N) is 1. The second-order valence-corrected chi connectivity index (χ2v) is 4.11. The van der Waals surface area contributed by atoms with Crippen LogP contribution >= 0.6 is 28.6 Å². The van der Waals surface area contributed by atoms with E-state index in [-0.39, 0.29) is 4.16 Å². The van der Waals surface area contributed by atoms with Crippen LogP contribution in [0.3, 0.4) is 0 Å². The summed E-state index contributed by atoms with van der Waals surface area (Å²) in [6.45, 7) is 1.43. The molecule has 0 fully saturated rings. The normalized spacial score (nSPS) is 10.5. The second-order valence-electron chi connectivity index (χ2n) is 1.97. The van der Waals surface area contributed by atoms with Gasteiger partial charge in [0.2, 0.25) is 0 Å². The summed E-state index contributed by atoms with van der Waals surface area (Å²) in [5, 5.41) is 7.32. The van der Waals surface area contributed by atoms with Gasteiger partial charge in [-0.05, 0) is 5.56 Å². The molecule has 1 aromatic carbocycles. The summed E-state index contributed by atoms with van der Waals surface area (Å²) in [6.07, 6.45) is 0. The molecule has 1 unspecified atom stereocenters.